The van der Waals surface area contributed by atoms with Crippen LogP contribution in [0.15, 0.2) is 16.6 Å². The fourth-order valence-electron chi connectivity index (χ4n) is 0.931. The lowest BCUT2D eigenvalue weighted by Crippen LogP contribution is -1.95. The van der Waals surface area contributed by atoms with Crippen LogP contribution in [-0.2, 0) is 6.42 Å². The first kappa shape index (κ1) is 9.32. The third kappa shape index (κ3) is 2.08. The van der Waals surface area contributed by atoms with E-state index in [0.717, 1.165) is 20.2 Å². The molecule has 1 rings (SSSR count). The molecule has 0 saturated carbocycles. The largest absolute Gasteiger partial charge is 0.398 e. The molecular formula is C8H9BrIN. The van der Waals surface area contributed by atoms with Gasteiger partial charge >= 0.3 is 0 Å². The van der Waals surface area contributed by atoms with E-state index >= 15 is 0 Å². The Balaban J connectivity index is 3.24. The summed E-state index contributed by atoms with van der Waals surface area (Å²) in [5.41, 5.74) is 7.96. The summed E-state index contributed by atoms with van der Waals surface area (Å²) < 4.78 is 2.22. The van der Waals surface area contributed by atoms with Gasteiger partial charge in [0.05, 0.1) is 0 Å². The molecule has 0 aliphatic carbocycles. The Morgan fingerprint density at radius 2 is 2.18 bits per heavy atom. The van der Waals surface area contributed by atoms with E-state index in [2.05, 4.69) is 51.5 Å². The van der Waals surface area contributed by atoms with Gasteiger partial charge in [-0.25, -0.2) is 0 Å². The van der Waals surface area contributed by atoms with Crippen molar-refractivity contribution in [2.75, 3.05) is 5.73 Å². The zero-order valence-corrected chi connectivity index (χ0v) is 9.94. The van der Waals surface area contributed by atoms with Crippen molar-refractivity contribution in [2.45, 2.75) is 13.3 Å². The van der Waals surface area contributed by atoms with E-state index in [-0.39, 0.29) is 0 Å². The van der Waals surface area contributed by atoms with Crippen LogP contribution in [0.2, 0.25) is 0 Å². The van der Waals surface area contributed by atoms with E-state index in [1.54, 1.807) is 0 Å². The third-order valence-electron chi connectivity index (χ3n) is 1.56. The second kappa shape index (κ2) is 3.76. The highest BCUT2D eigenvalue weighted by atomic mass is 127. The number of benzene rings is 1. The Labute approximate surface area is 88.6 Å². The number of anilines is 1. The van der Waals surface area contributed by atoms with Crippen molar-refractivity contribution in [3.05, 3.63) is 25.7 Å². The summed E-state index contributed by atoms with van der Waals surface area (Å²) in [6.07, 6.45) is 0.987. The van der Waals surface area contributed by atoms with Gasteiger partial charge in [0.15, 0.2) is 0 Å². The molecule has 1 aromatic carbocycles. The highest BCUT2D eigenvalue weighted by molar-refractivity contribution is 14.1. The quantitative estimate of drug-likeness (QED) is 0.623. The van der Waals surface area contributed by atoms with Crippen molar-refractivity contribution in [3.63, 3.8) is 0 Å². The molecule has 1 nitrogen and oxygen atoms in total. The molecular weight excluding hydrogens is 317 g/mol. The molecule has 2 N–H and O–H groups in total. The Hall–Kier alpha value is 0.230. The number of hydrogen-bond acceptors (Lipinski definition) is 1. The smallest absolute Gasteiger partial charge is 0.0482 e. The number of rotatable bonds is 1. The molecule has 0 unspecified atom stereocenters. The molecule has 0 aliphatic rings. The molecule has 0 aromatic heterocycles. The van der Waals surface area contributed by atoms with Gasteiger partial charge in [0, 0.05) is 13.7 Å². The predicted octanol–water partition coefficient (Wildman–Crippen LogP) is 3.20. The van der Waals surface area contributed by atoms with Crippen molar-refractivity contribution < 1.29 is 0 Å². The minimum Gasteiger partial charge on any atom is -0.398 e. The molecule has 0 radical (unpaired) electrons. The van der Waals surface area contributed by atoms with Gasteiger partial charge < -0.3 is 5.73 Å². The highest BCUT2D eigenvalue weighted by Crippen LogP contribution is 2.25. The zero-order valence-electron chi connectivity index (χ0n) is 6.20. The average Bonchev–Trinajstić information content (AvgIpc) is 1.96. The second-order valence-electron chi connectivity index (χ2n) is 2.31. The van der Waals surface area contributed by atoms with Crippen LogP contribution in [0.4, 0.5) is 5.69 Å². The van der Waals surface area contributed by atoms with Gasteiger partial charge in [0.25, 0.3) is 0 Å². The fourth-order valence-corrected chi connectivity index (χ4v) is 2.55. The maximum Gasteiger partial charge on any atom is 0.0482 e. The Morgan fingerprint density at radius 3 is 2.73 bits per heavy atom. The third-order valence-corrected chi connectivity index (χ3v) is 2.91. The predicted molar refractivity (Wildman–Crippen MR) is 60.6 cm³/mol. The molecule has 3 heteroatoms. The molecule has 0 heterocycles. The first-order valence-corrected chi connectivity index (χ1v) is 5.25. The first-order valence-electron chi connectivity index (χ1n) is 3.38. The maximum atomic E-state index is 5.83. The first-order chi connectivity index (χ1) is 5.15. The second-order valence-corrected chi connectivity index (χ2v) is 4.39. The Kier molecular flexibility index (Phi) is 3.18. The summed E-state index contributed by atoms with van der Waals surface area (Å²) in [6, 6.07) is 4.09. The average molecular weight is 326 g/mol. The number of halogens is 2. The van der Waals surface area contributed by atoms with Crippen LogP contribution >= 0.6 is 38.5 Å². The summed E-state index contributed by atoms with van der Waals surface area (Å²) in [5.74, 6) is 0. The minimum absolute atomic E-state index is 0.913. The monoisotopic (exact) mass is 325 g/mol. The molecule has 0 spiro atoms. The van der Waals surface area contributed by atoms with Crippen LogP contribution in [0.3, 0.4) is 0 Å². The lowest BCUT2D eigenvalue weighted by Gasteiger charge is -2.05. The van der Waals surface area contributed by atoms with Gasteiger partial charge in [-0.3, -0.25) is 0 Å². The maximum absolute atomic E-state index is 5.83. The van der Waals surface area contributed by atoms with E-state index in [1.165, 1.54) is 5.56 Å². The summed E-state index contributed by atoms with van der Waals surface area (Å²) >= 11 is 5.67. The Morgan fingerprint density at radius 1 is 1.55 bits per heavy atom. The normalized spacial score (nSPS) is 10.1. The molecule has 0 bridgehead atoms. The van der Waals surface area contributed by atoms with Crippen LogP contribution in [0.1, 0.15) is 12.5 Å². The van der Waals surface area contributed by atoms with Crippen LogP contribution in [0.5, 0.6) is 0 Å². The molecule has 60 valence electrons. The fraction of sp³-hybridized carbons (Fsp3) is 0.250. The van der Waals surface area contributed by atoms with Crippen LogP contribution in [0, 0.1) is 3.57 Å². The van der Waals surface area contributed by atoms with E-state index in [0.29, 0.717) is 0 Å². The van der Waals surface area contributed by atoms with E-state index in [9.17, 15) is 0 Å². The van der Waals surface area contributed by atoms with Crippen molar-refractivity contribution in [3.8, 4) is 0 Å². The van der Waals surface area contributed by atoms with Gasteiger partial charge in [-0.15, -0.1) is 0 Å². The van der Waals surface area contributed by atoms with Gasteiger partial charge in [0.2, 0.25) is 0 Å². The van der Waals surface area contributed by atoms with Gasteiger partial charge in [-0.2, -0.15) is 0 Å². The number of aryl methyl sites for hydroxylation is 1. The highest BCUT2D eigenvalue weighted by Gasteiger charge is 2.02. The molecule has 0 atom stereocenters. The molecule has 0 fully saturated rings. The molecule has 1 aromatic rings. The topological polar surface area (TPSA) is 26.0 Å². The van der Waals surface area contributed by atoms with Crippen molar-refractivity contribution in [1.29, 1.82) is 0 Å². The van der Waals surface area contributed by atoms with Crippen molar-refractivity contribution in [1.82, 2.24) is 0 Å². The standard InChI is InChI=1S/C8H9BrIN/c1-2-5-3-6(9)4-7(10)8(5)11/h3-4H,2,11H2,1H3. The molecule has 0 amide bonds. The molecule has 0 aliphatic heterocycles. The van der Waals surface area contributed by atoms with E-state index in [1.807, 2.05) is 6.07 Å². The summed E-state index contributed by atoms with van der Waals surface area (Å²) in [7, 11) is 0. The summed E-state index contributed by atoms with van der Waals surface area (Å²) in [6.45, 7) is 2.11. The number of nitrogen functional groups attached to an aromatic ring is 1. The SMILES string of the molecule is CCc1cc(Br)cc(I)c1N. The van der Waals surface area contributed by atoms with Crippen LogP contribution in [-0.4, -0.2) is 0 Å². The lowest BCUT2D eigenvalue weighted by molar-refractivity contribution is 1.14. The number of hydrogen-bond donors (Lipinski definition) is 1. The molecule has 0 saturated heterocycles. The van der Waals surface area contributed by atoms with E-state index in [4.69, 9.17) is 5.73 Å². The van der Waals surface area contributed by atoms with E-state index < -0.39 is 0 Å². The van der Waals surface area contributed by atoms with Gasteiger partial charge in [-0.05, 0) is 46.7 Å². The number of nitrogens with two attached hydrogens (primary N) is 1. The van der Waals surface area contributed by atoms with Crippen LogP contribution < -0.4 is 5.73 Å². The Bertz CT molecular complexity index is 273. The van der Waals surface area contributed by atoms with Crippen LogP contribution in [0.25, 0.3) is 0 Å². The lowest BCUT2D eigenvalue weighted by atomic mass is 10.1. The summed E-state index contributed by atoms with van der Waals surface area (Å²) in [5, 5.41) is 0. The summed E-state index contributed by atoms with van der Waals surface area (Å²) in [4.78, 5) is 0. The molecule has 11 heavy (non-hydrogen) atoms. The minimum atomic E-state index is 0.913. The van der Waals surface area contributed by atoms with Gasteiger partial charge in [-0.1, -0.05) is 22.9 Å². The van der Waals surface area contributed by atoms with Crippen molar-refractivity contribution >= 4 is 44.2 Å². The zero-order chi connectivity index (χ0) is 8.43. The van der Waals surface area contributed by atoms with Gasteiger partial charge in [0.1, 0.15) is 0 Å². The van der Waals surface area contributed by atoms with Crippen molar-refractivity contribution in [2.24, 2.45) is 0 Å².